The van der Waals surface area contributed by atoms with Gasteiger partial charge in [-0.25, -0.2) is 14.3 Å². The molecule has 3 aromatic heterocycles. The largest absolute Gasteiger partial charge is 0.324 e. The highest BCUT2D eigenvalue weighted by Gasteiger charge is 2.21. The number of thiophene rings is 1. The Balaban J connectivity index is 1.58. The van der Waals surface area contributed by atoms with Gasteiger partial charge >= 0.3 is 0 Å². The monoisotopic (exact) mass is 400 g/mol. The van der Waals surface area contributed by atoms with Gasteiger partial charge in [-0.1, -0.05) is 11.6 Å². The van der Waals surface area contributed by atoms with Crippen molar-refractivity contribution in [2.24, 2.45) is 0 Å². The summed E-state index contributed by atoms with van der Waals surface area (Å²) < 4.78 is 3.13. The average Bonchev–Trinajstić information content (AvgIpc) is 3.43. The molecule has 1 N–H and O–H groups in total. The van der Waals surface area contributed by atoms with Crippen LogP contribution >= 0.6 is 22.9 Å². The Hall–Kier alpha value is -3.11. The predicted molar refractivity (Wildman–Crippen MR) is 99.9 cm³/mol. The van der Waals surface area contributed by atoms with Crippen molar-refractivity contribution in [1.82, 2.24) is 35.0 Å². The Morgan fingerprint density at radius 2 is 2.22 bits per heavy atom. The van der Waals surface area contributed by atoms with Crippen LogP contribution in [0.4, 0.5) is 5.69 Å². The van der Waals surface area contributed by atoms with E-state index >= 15 is 0 Å². The average molecular weight is 401 g/mol. The summed E-state index contributed by atoms with van der Waals surface area (Å²) in [5.41, 5.74) is 2.17. The van der Waals surface area contributed by atoms with Gasteiger partial charge in [0.05, 0.1) is 23.8 Å². The summed E-state index contributed by atoms with van der Waals surface area (Å²) in [6.07, 6.45) is 4.62. The molecule has 4 rings (SSSR count). The molecule has 3 heterocycles. The van der Waals surface area contributed by atoms with E-state index in [2.05, 4.69) is 30.9 Å². The molecule has 11 heteroatoms. The summed E-state index contributed by atoms with van der Waals surface area (Å²) in [4.78, 5) is 16.7. The van der Waals surface area contributed by atoms with E-state index in [9.17, 15) is 4.79 Å². The normalized spacial score (nSPS) is 12.0. The maximum atomic E-state index is 12.8. The highest BCUT2D eigenvalue weighted by molar-refractivity contribution is 7.08. The number of tetrazole rings is 1. The van der Waals surface area contributed by atoms with Crippen molar-refractivity contribution in [3.05, 3.63) is 64.6 Å². The van der Waals surface area contributed by atoms with Crippen LogP contribution in [0.2, 0.25) is 5.02 Å². The molecule has 0 aliphatic rings. The predicted octanol–water partition coefficient (Wildman–Crippen LogP) is 2.59. The highest BCUT2D eigenvalue weighted by atomic mass is 35.5. The second kappa shape index (κ2) is 7.64. The molecule has 0 saturated heterocycles. The van der Waals surface area contributed by atoms with Crippen LogP contribution in [0.5, 0.6) is 0 Å². The Morgan fingerprint density at radius 1 is 1.30 bits per heavy atom. The number of hydrogen-bond donors (Lipinski definition) is 1. The third kappa shape index (κ3) is 3.86. The first kappa shape index (κ1) is 17.3. The van der Waals surface area contributed by atoms with Gasteiger partial charge in [-0.3, -0.25) is 4.79 Å². The minimum absolute atomic E-state index is 0.158. The first-order chi connectivity index (χ1) is 13.2. The quantitative estimate of drug-likeness (QED) is 0.533. The standard InChI is InChI=1S/C16H13ClN8OS/c17-12-1-2-14(24-9-18-8-20-24)13(5-12)21-16(26)6-15(11-3-4-27-7-11)25-10-19-22-23-25/h1-5,7-10,15H,6H2,(H,21,26). The van der Waals surface area contributed by atoms with E-state index in [1.54, 1.807) is 45.2 Å². The number of halogens is 1. The molecule has 1 atom stereocenters. The summed E-state index contributed by atoms with van der Waals surface area (Å²) in [5, 5.41) is 22.7. The SMILES string of the molecule is O=C(CC(c1ccsc1)n1cnnn1)Nc1cc(Cl)ccc1-n1cncn1. The first-order valence-electron chi connectivity index (χ1n) is 7.89. The summed E-state index contributed by atoms with van der Waals surface area (Å²) >= 11 is 7.65. The van der Waals surface area contributed by atoms with Crippen molar-refractivity contribution in [2.75, 3.05) is 5.32 Å². The molecular formula is C16H13ClN8OS. The highest BCUT2D eigenvalue weighted by Crippen LogP contribution is 2.27. The minimum atomic E-state index is -0.305. The fourth-order valence-corrected chi connectivity index (χ4v) is 3.54. The van der Waals surface area contributed by atoms with Crippen molar-refractivity contribution >= 4 is 34.5 Å². The lowest BCUT2D eigenvalue weighted by Crippen LogP contribution is -2.21. The minimum Gasteiger partial charge on any atom is -0.324 e. The van der Waals surface area contributed by atoms with Gasteiger partial charge in [0, 0.05) is 5.02 Å². The summed E-state index contributed by atoms with van der Waals surface area (Å²) in [7, 11) is 0. The molecule has 1 amide bonds. The van der Waals surface area contributed by atoms with E-state index in [4.69, 9.17) is 11.6 Å². The van der Waals surface area contributed by atoms with Crippen molar-refractivity contribution in [2.45, 2.75) is 12.5 Å². The van der Waals surface area contributed by atoms with Gasteiger partial charge < -0.3 is 5.32 Å². The smallest absolute Gasteiger partial charge is 0.226 e. The zero-order valence-corrected chi connectivity index (χ0v) is 15.4. The molecule has 0 radical (unpaired) electrons. The van der Waals surface area contributed by atoms with Gasteiger partial charge in [0.2, 0.25) is 5.91 Å². The van der Waals surface area contributed by atoms with E-state index < -0.39 is 0 Å². The lowest BCUT2D eigenvalue weighted by atomic mass is 10.1. The van der Waals surface area contributed by atoms with Crippen LogP contribution < -0.4 is 5.32 Å². The summed E-state index contributed by atoms with van der Waals surface area (Å²) in [6, 6.07) is 6.81. The van der Waals surface area contributed by atoms with Gasteiger partial charge in [0.25, 0.3) is 0 Å². The zero-order chi connectivity index (χ0) is 18.6. The van der Waals surface area contributed by atoms with Crippen LogP contribution in [0.3, 0.4) is 0 Å². The van der Waals surface area contributed by atoms with E-state index in [0.29, 0.717) is 16.4 Å². The molecule has 0 saturated carbocycles. The van der Waals surface area contributed by atoms with E-state index in [0.717, 1.165) is 5.56 Å². The number of nitrogens with zero attached hydrogens (tertiary/aromatic N) is 7. The van der Waals surface area contributed by atoms with Gasteiger partial charge in [0.1, 0.15) is 19.0 Å². The maximum absolute atomic E-state index is 12.8. The molecule has 0 aliphatic carbocycles. The fraction of sp³-hybridized carbons (Fsp3) is 0.125. The Labute approximate surface area is 162 Å². The molecule has 136 valence electrons. The lowest BCUT2D eigenvalue weighted by molar-refractivity contribution is -0.116. The zero-order valence-electron chi connectivity index (χ0n) is 13.8. The van der Waals surface area contributed by atoms with E-state index in [-0.39, 0.29) is 18.4 Å². The number of amides is 1. The molecule has 1 unspecified atom stereocenters. The van der Waals surface area contributed by atoms with Crippen LogP contribution in [0.25, 0.3) is 5.69 Å². The van der Waals surface area contributed by atoms with Gasteiger partial charge in [-0.15, -0.1) is 5.10 Å². The molecule has 9 nitrogen and oxygen atoms in total. The van der Waals surface area contributed by atoms with Gasteiger partial charge in [-0.2, -0.15) is 16.4 Å². The molecule has 4 aromatic rings. The van der Waals surface area contributed by atoms with Crippen LogP contribution in [-0.4, -0.2) is 40.9 Å². The number of nitrogens with one attached hydrogen (secondary N) is 1. The molecule has 27 heavy (non-hydrogen) atoms. The Kier molecular flexibility index (Phi) is 4.90. The molecule has 0 fully saturated rings. The lowest BCUT2D eigenvalue weighted by Gasteiger charge is -2.16. The maximum Gasteiger partial charge on any atom is 0.226 e. The van der Waals surface area contributed by atoms with Gasteiger partial charge in [-0.05, 0) is 51.0 Å². The number of benzene rings is 1. The number of rotatable bonds is 6. The van der Waals surface area contributed by atoms with Crippen molar-refractivity contribution < 1.29 is 4.79 Å². The van der Waals surface area contributed by atoms with Crippen molar-refractivity contribution in [1.29, 1.82) is 0 Å². The number of aromatic nitrogens is 7. The molecule has 0 bridgehead atoms. The molecular weight excluding hydrogens is 388 g/mol. The van der Waals surface area contributed by atoms with Crippen LogP contribution in [-0.2, 0) is 4.79 Å². The van der Waals surface area contributed by atoms with E-state index in [1.165, 1.54) is 12.7 Å². The fourth-order valence-electron chi connectivity index (χ4n) is 2.66. The molecule has 1 aromatic carbocycles. The summed E-state index contributed by atoms with van der Waals surface area (Å²) in [5.74, 6) is -0.203. The Bertz CT molecular complexity index is 983. The second-order valence-corrected chi connectivity index (χ2v) is 6.83. The number of carbonyl (C=O) groups excluding carboxylic acids is 1. The third-order valence-corrected chi connectivity index (χ3v) is 4.83. The number of anilines is 1. The Morgan fingerprint density at radius 3 is 2.93 bits per heavy atom. The van der Waals surface area contributed by atoms with Crippen LogP contribution in [0.15, 0.2) is 54.0 Å². The van der Waals surface area contributed by atoms with Crippen LogP contribution in [0, 0.1) is 0 Å². The molecule has 0 aliphatic heterocycles. The second-order valence-electron chi connectivity index (χ2n) is 5.62. The van der Waals surface area contributed by atoms with Crippen LogP contribution in [0.1, 0.15) is 18.0 Å². The molecule has 0 spiro atoms. The van der Waals surface area contributed by atoms with Crippen molar-refractivity contribution in [3.63, 3.8) is 0 Å². The number of carbonyl (C=O) groups is 1. The van der Waals surface area contributed by atoms with E-state index in [1.807, 2.05) is 16.8 Å². The first-order valence-corrected chi connectivity index (χ1v) is 9.22. The third-order valence-electron chi connectivity index (χ3n) is 3.89. The topological polar surface area (TPSA) is 103 Å². The number of hydrogen-bond acceptors (Lipinski definition) is 7. The van der Waals surface area contributed by atoms with Crippen molar-refractivity contribution in [3.8, 4) is 5.69 Å². The summed E-state index contributed by atoms with van der Waals surface area (Å²) in [6.45, 7) is 0. The van der Waals surface area contributed by atoms with Gasteiger partial charge in [0.15, 0.2) is 0 Å².